The molecule has 0 saturated heterocycles. The minimum atomic E-state index is -3.50. The largest absolute Gasteiger partial charge is 0.495 e. The summed E-state index contributed by atoms with van der Waals surface area (Å²) in [5.41, 5.74) is 0. The van der Waals surface area contributed by atoms with Crippen molar-refractivity contribution < 1.29 is 13.2 Å². The van der Waals surface area contributed by atoms with Gasteiger partial charge in [-0.2, -0.15) is 0 Å². The molecule has 0 unspecified atom stereocenters. The van der Waals surface area contributed by atoms with E-state index in [-0.39, 0.29) is 4.90 Å². The van der Waals surface area contributed by atoms with Crippen molar-refractivity contribution in [2.24, 2.45) is 5.92 Å². The molecular formula is C12H16BrNO3S. The lowest BCUT2D eigenvalue weighted by molar-refractivity contribution is 0.316. The molecule has 18 heavy (non-hydrogen) atoms. The Labute approximate surface area is 116 Å². The van der Waals surface area contributed by atoms with Crippen LogP contribution in [0.15, 0.2) is 27.6 Å². The molecule has 0 atom stereocenters. The quantitative estimate of drug-likeness (QED) is 0.900. The van der Waals surface area contributed by atoms with Crippen LogP contribution in [0.2, 0.25) is 0 Å². The van der Waals surface area contributed by atoms with Crippen LogP contribution in [0.1, 0.15) is 19.3 Å². The van der Waals surface area contributed by atoms with Crippen LogP contribution < -0.4 is 9.46 Å². The first-order valence-corrected chi connectivity index (χ1v) is 8.14. The summed E-state index contributed by atoms with van der Waals surface area (Å²) in [4.78, 5) is 0.179. The van der Waals surface area contributed by atoms with Crippen LogP contribution in [0.4, 0.5) is 0 Å². The molecule has 0 radical (unpaired) electrons. The number of methoxy groups -OCH3 is 1. The lowest BCUT2D eigenvalue weighted by Gasteiger charge is -2.25. The van der Waals surface area contributed by atoms with Crippen LogP contribution in [0.3, 0.4) is 0 Å². The van der Waals surface area contributed by atoms with Gasteiger partial charge in [-0.3, -0.25) is 0 Å². The maximum atomic E-state index is 12.2. The van der Waals surface area contributed by atoms with Crippen molar-refractivity contribution in [2.75, 3.05) is 13.7 Å². The minimum absolute atomic E-state index is 0.179. The smallest absolute Gasteiger partial charge is 0.244 e. The van der Waals surface area contributed by atoms with Crippen LogP contribution in [-0.2, 0) is 10.0 Å². The van der Waals surface area contributed by atoms with Gasteiger partial charge in [-0.25, -0.2) is 13.1 Å². The average molecular weight is 334 g/mol. The van der Waals surface area contributed by atoms with Crippen molar-refractivity contribution in [1.29, 1.82) is 0 Å². The molecule has 100 valence electrons. The summed E-state index contributed by atoms with van der Waals surface area (Å²) in [6, 6.07) is 4.95. The standard InChI is InChI=1S/C12H16BrNO3S/c1-17-11-6-5-10(13)7-12(11)18(15,16)14-8-9-3-2-4-9/h5-7,9,14H,2-4,8H2,1H3. The Kier molecular flexibility index (Phi) is 4.29. The average Bonchev–Trinajstić information content (AvgIpc) is 2.26. The third-order valence-electron chi connectivity index (χ3n) is 3.20. The van der Waals surface area contributed by atoms with E-state index in [4.69, 9.17) is 4.74 Å². The molecule has 0 bridgehead atoms. The van der Waals surface area contributed by atoms with Crippen LogP contribution >= 0.6 is 15.9 Å². The summed E-state index contributed by atoms with van der Waals surface area (Å²) < 4.78 is 32.9. The molecule has 1 saturated carbocycles. The molecule has 2 rings (SSSR count). The summed E-state index contributed by atoms with van der Waals surface area (Å²) in [5.74, 6) is 0.845. The predicted octanol–water partition coefficient (Wildman–Crippen LogP) is 2.54. The van der Waals surface area contributed by atoms with Crippen molar-refractivity contribution in [3.05, 3.63) is 22.7 Å². The molecule has 6 heteroatoms. The molecule has 0 heterocycles. The fourth-order valence-electron chi connectivity index (χ4n) is 1.86. The SMILES string of the molecule is COc1ccc(Br)cc1S(=O)(=O)NCC1CCC1. The Hall–Kier alpha value is -0.590. The molecule has 1 aromatic carbocycles. The van der Waals surface area contributed by atoms with Gasteiger partial charge >= 0.3 is 0 Å². The Bertz CT molecular complexity index is 526. The highest BCUT2D eigenvalue weighted by Crippen LogP contribution is 2.29. The Balaban J connectivity index is 2.19. The van der Waals surface area contributed by atoms with E-state index in [0.29, 0.717) is 22.7 Å². The van der Waals surface area contributed by atoms with Gasteiger partial charge in [-0.15, -0.1) is 0 Å². The van der Waals surface area contributed by atoms with Gasteiger partial charge in [0.2, 0.25) is 10.0 Å². The summed E-state index contributed by atoms with van der Waals surface area (Å²) in [6.07, 6.45) is 3.42. The zero-order valence-electron chi connectivity index (χ0n) is 10.1. The van der Waals surface area contributed by atoms with E-state index in [1.807, 2.05) is 0 Å². The highest BCUT2D eigenvalue weighted by molar-refractivity contribution is 9.10. The van der Waals surface area contributed by atoms with Crippen molar-refractivity contribution in [3.8, 4) is 5.75 Å². The van der Waals surface area contributed by atoms with Gasteiger partial charge in [-0.05, 0) is 37.0 Å². The molecular weight excluding hydrogens is 318 g/mol. The van der Waals surface area contributed by atoms with Crippen molar-refractivity contribution >= 4 is 26.0 Å². The number of ether oxygens (including phenoxy) is 1. The van der Waals surface area contributed by atoms with E-state index in [1.165, 1.54) is 13.5 Å². The van der Waals surface area contributed by atoms with Crippen LogP contribution in [0.25, 0.3) is 0 Å². The first-order valence-electron chi connectivity index (χ1n) is 5.86. The number of benzene rings is 1. The number of sulfonamides is 1. The van der Waals surface area contributed by atoms with Crippen LogP contribution in [0, 0.1) is 5.92 Å². The van der Waals surface area contributed by atoms with E-state index >= 15 is 0 Å². The molecule has 1 aliphatic rings. The van der Waals surface area contributed by atoms with E-state index in [2.05, 4.69) is 20.7 Å². The molecule has 1 N–H and O–H groups in total. The zero-order chi connectivity index (χ0) is 13.2. The van der Waals surface area contributed by atoms with E-state index in [9.17, 15) is 8.42 Å². The van der Waals surface area contributed by atoms with Gasteiger partial charge in [0.1, 0.15) is 10.6 Å². The van der Waals surface area contributed by atoms with Crippen molar-refractivity contribution in [2.45, 2.75) is 24.2 Å². The fraction of sp³-hybridized carbons (Fsp3) is 0.500. The molecule has 1 aliphatic carbocycles. The number of halogens is 1. The van der Waals surface area contributed by atoms with Crippen molar-refractivity contribution in [3.63, 3.8) is 0 Å². The Morgan fingerprint density at radius 2 is 2.17 bits per heavy atom. The summed E-state index contributed by atoms with van der Waals surface area (Å²) >= 11 is 3.28. The van der Waals surface area contributed by atoms with E-state index in [0.717, 1.165) is 12.8 Å². The maximum absolute atomic E-state index is 12.2. The summed E-state index contributed by atoms with van der Waals surface area (Å²) in [7, 11) is -2.04. The Morgan fingerprint density at radius 1 is 1.44 bits per heavy atom. The minimum Gasteiger partial charge on any atom is -0.495 e. The lowest BCUT2D eigenvalue weighted by atomic mass is 9.86. The highest BCUT2D eigenvalue weighted by Gasteiger charge is 2.23. The van der Waals surface area contributed by atoms with Gasteiger partial charge in [0, 0.05) is 11.0 Å². The van der Waals surface area contributed by atoms with Gasteiger partial charge in [0.15, 0.2) is 0 Å². The maximum Gasteiger partial charge on any atom is 0.244 e. The van der Waals surface area contributed by atoms with Gasteiger partial charge in [-0.1, -0.05) is 22.4 Å². The van der Waals surface area contributed by atoms with Crippen LogP contribution in [0.5, 0.6) is 5.75 Å². The van der Waals surface area contributed by atoms with E-state index in [1.54, 1.807) is 18.2 Å². The molecule has 0 amide bonds. The van der Waals surface area contributed by atoms with Gasteiger partial charge < -0.3 is 4.74 Å². The molecule has 1 aromatic rings. The second kappa shape index (κ2) is 5.59. The normalized spacial score (nSPS) is 16.3. The number of hydrogen-bond acceptors (Lipinski definition) is 3. The number of hydrogen-bond donors (Lipinski definition) is 1. The van der Waals surface area contributed by atoms with Gasteiger partial charge in [0.25, 0.3) is 0 Å². The van der Waals surface area contributed by atoms with Crippen molar-refractivity contribution in [1.82, 2.24) is 4.72 Å². The van der Waals surface area contributed by atoms with Crippen LogP contribution in [-0.4, -0.2) is 22.1 Å². The molecule has 0 aliphatic heterocycles. The highest BCUT2D eigenvalue weighted by atomic mass is 79.9. The lowest BCUT2D eigenvalue weighted by Crippen LogP contribution is -2.32. The molecule has 0 aromatic heterocycles. The topological polar surface area (TPSA) is 55.4 Å². The number of nitrogens with one attached hydrogen (secondary N) is 1. The first kappa shape index (κ1) is 13.8. The second-order valence-corrected chi connectivity index (χ2v) is 7.10. The number of rotatable bonds is 5. The molecule has 0 spiro atoms. The third kappa shape index (κ3) is 3.05. The van der Waals surface area contributed by atoms with Gasteiger partial charge in [0.05, 0.1) is 7.11 Å². The first-order chi connectivity index (χ1) is 8.53. The van der Waals surface area contributed by atoms with E-state index < -0.39 is 10.0 Å². The predicted molar refractivity (Wildman–Crippen MR) is 73.2 cm³/mol. The molecule has 1 fully saturated rings. The fourth-order valence-corrected chi connectivity index (χ4v) is 3.68. The second-order valence-electron chi connectivity index (χ2n) is 4.44. The summed E-state index contributed by atoms with van der Waals surface area (Å²) in [5, 5.41) is 0. The third-order valence-corrected chi connectivity index (χ3v) is 5.14. The Morgan fingerprint density at radius 3 is 2.72 bits per heavy atom. The molecule has 4 nitrogen and oxygen atoms in total. The summed E-state index contributed by atoms with van der Waals surface area (Å²) in [6.45, 7) is 0.512. The zero-order valence-corrected chi connectivity index (χ0v) is 12.6. The monoisotopic (exact) mass is 333 g/mol.